The summed E-state index contributed by atoms with van der Waals surface area (Å²) in [5.74, 6) is 0.0895. The van der Waals surface area contributed by atoms with Gasteiger partial charge in [0.25, 0.3) is 0 Å². The van der Waals surface area contributed by atoms with Crippen molar-refractivity contribution in [3.8, 4) is 11.5 Å². The van der Waals surface area contributed by atoms with Crippen LogP contribution in [0.4, 0.5) is 0 Å². The highest BCUT2D eigenvalue weighted by atomic mass is 16.7. The molecule has 1 aromatic carbocycles. The van der Waals surface area contributed by atoms with Gasteiger partial charge >= 0.3 is 5.97 Å². The lowest BCUT2D eigenvalue weighted by Gasteiger charge is -2.17. The number of fused-ring (bicyclic) bond motifs is 1. The van der Waals surface area contributed by atoms with Crippen molar-refractivity contribution in [2.24, 2.45) is 5.92 Å². The van der Waals surface area contributed by atoms with E-state index in [0.29, 0.717) is 12.8 Å². The smallest absolute Gasteiger partial charge is 0.326 e. The Labute approximate surface area is 129 Å². The van der Waals surface area contributed by atoms with Gasteiger partial charge in [-0.25, -0.2) is 4.79 Å². The number of amides is 1. The maximum atomic E-state index is 11.8. The highest BCUT2D eigenvalue weighted by molar-refractivity contribution is 5.83. The van der Waals surface area contributed by atoms with Gasteiger partial charge in [0.2, 0.25) is 12.7 Å². The van der Waals surface area contributed by atoms with Gasteiger partial charge in [-0.05, 0) is 36.5 Å². The lowest BCUT2D eigenvalue weighted by atomic mass is 10.0. The number of carboxylic acids is 1. The van der Waals surface area contributed by atoms with Gasteiger partial charge in [0.15, 0.2) is 11.5 Å². The molecule has 1 atom stereocenters. The van der Waals surface area contributed by atoms with Crippen LogP contribution < -0.4 is 14.8 Å². The first kappa shape index (κ1) is 16.1. The van der Waals surface area contributed by atoms with E-state index >= 15 is 0 Å². The average molecular weight is 307 g/mol. The summed E-state index contributed by atoms with van der Waals surface area (Å²) in [6.07, 6.45) is 1.67. The molecule has 22 heavy (non-hydrogen) atoms. The molecule has 1 aliphatic rings. The molecule has 0 aliphatic carbocycles. The summed E-state index contributed by atoms with van der Waals surface area (Å²) in [6, 6.07) is 4.88. The maximum absolute atomic E-state index is 11.8. The molecule has 0 saturated carbocycles. The van der Waals surface area contributed by atoms with Crippen molar-refractivity contribution in [2.45, 2.75) is 39.2 Å². The third-order valence-corrected chi connectivity index (χ3v) is 3.56. The topological polar surface area (TPSA) is 84.9 Å². The Hall–Kier alpha value is -2.24. The minimum atomic E-state index is -1.00. The highest BCUT2D eigenvalue weighted by Crippen LogP contribution is 2.32. The number of rotatable bonds is 7. The molecule has 1 heterocycles. The van der Waals surface area contributed by atoms with Crippen LogP contribution in [-0.2, 0) is 16.0 Å². The maximum Gasteiger partial charge on any atom is 0.326 e. The van der Waals surface area contributed by atoms with Crippen molar-refractivity contribution in [1.29, 1.82) is 0 Å². The van der Waals surface area contributed by atoms with Crippen LogP contribution in [0.5, 0.6) is 11.5 Å². The Morgan fingerprint density at radius 3 is 2.68 bits per heavy atom. The van der Waals surface area contributed by atoms with Crippen LogP contribution in [0.25, 0.3) is 0 Å². The molecule has 0 fully saturated rings. The van der Waals surface area contributed by atoms with E-state index < -0.39 is 12.0 Å². The molecule has 6 nitrogen and oxygen atoms in total. The molecule has 120 valence electrons. The summed E-state index contributed by atoms with van der Waals surface area (Å²) < 4.78 is 10.5. The molecular weight excluding hydrogens is 286 g/mol. The molecule has 1 aromatic rings. The number of ether oxygens (including phenoxy) is 2. The van der Waals surface area contributed by atoms with Gasteiger partial charge in [-0.1, -0.05) is 19.9 Å². The fraction of sp³-hybridized carbons (Fsp3) is 0.500. The Bertz CT molecular complexity index is 555. The van der Waals surface area contributed by atoms with Gasteiger partial charge in [0.1, 0.15) is 6.04 Å². The van der Waals surface area contributed by atoms with E-state index in [0.717, 1.165) is 23.5 Å². The predicted molar refractivity (Wildman–Crippen MR) is 79.9 cm³/mol. The number of hydrogen-bond donors (Lipinski definition) is 2. The third kappa shape index (κ3) is 4.13. The zero-order valence-corrected chi connectivity index (χ0v) is 12.8. The standard InChI is InChI=1S/C16H21NO5/c1-10(2)15(16(19)20)17-14(18)5-3-4-11-6-7-12-13(8-11)22-9-21-12/h6-8,10,15H,3-5,9H2,1-2H3,(H,17,18)(H,19,20). The number of aliphatic carboxylic acids is 1. The normalized spacial score (nSPS) is 14.0. The quantitative estimate of drug-likeness (QED) is 0.804. The molecule has 2 N–H and O–H groups in total. The predicted octanol–water partition coefficient (Wildman–Crippen LogP) is 1.96. The van der Waals surface area contributed by atoms with E-state index in [1.807, 2.05) is 18.2 Å². The first-order chi connectivity index (χ1) is 10.5. The van der Waals surface area contributed by atoms with Gasteiger partial charge in [0, 0.05) is 6.42 Å². The van der Waals surface area contributed by atoms with Gasteiger partial charge in [0.05, 0.1) is 0 Å². The summed E-state index contributed by atoms with van der Waals surface area (Å²) in [5.41, 5.74) is 1.07. The van der Waals surface area contributed by atoms with Crippen LogP contribution in [0.1, 0.15) is 32.3 Å². The van der Waals surface area contributed by atoms with E-state index in [2.05, 4.69) is 5.32 Å². The van der Waals surface area contributed by atoms with E-state index in [1.165, 1.54) is 0 Å². The average Bonchev–Trinajstić information content (AvgIpc) is 2.91. The van der Waals surface area contributed by atoms with Crippen LogP contribution in [0.2, 0.25) is 0 Å². The van der Waals surface area contributed by atoms with Crippen molar-refractivity contribution in [3.05, 3.63) is 23.8 Å². The molecule has 0 radical (unpaired) electrons. The zero-order valence-electron chi connectivity index (χ0n) is 12.8. The molecule has 0 saturated heterocycles. The Kier molecular flexibility index (Phi) is 5.25. The molecule has 1 aliphatic heterocycles. The van der Waals surface area contributed by atoms with Crippen molar-refractivity contribution >= 4 is 11.9 Å². The third-order valence-electron chi connectivity index (χ3n) is 3.56. The first-order valence-electron chi connectivity index (χ1n) is 7.38. The number of carbonyl (C=O) groups is 2. The zero-order chi connectivity index (χ0) is 16.1. The molecule has 1 unspecified atom stereocenters. The Balaban J connectivity index is 1.78. The van der Waals surface area contributed by atoms with E-state index in [1.54, 1.807) is 13.8 Å². The largest absolute Gasteiger partial charge is 0.480 e. The van der Waals surface area contributed by atoms with Crippen LogP contribution in [0.3, 0.4) is 0 Å². The lowest BCUT2D eigenvalue weighted by Crippen LogP contribution is -2.44. The Morgan fingerprint density at radius 1 is 1.27 bits per heavy atom. The van der Waals surface area contributed by atoms with E-state index in [-0.39, 0.29) is 18.6 Å². The number of carboxylic acid groups (broad SMARTS) is 1. The lowest BCUT2D eigenvalue weighted by molar-refractivity contribution is -0.143. The summed E-state index contributed by atoms with van der Waals surface area (Å²) in [6.45, 7) is 3.78. The summed E-state index contributed by atoms with van der Waals surface area (Å²) in [7, 11) is 0. The number of benzene rings is 1. The molecular formula is C16H21NO5. The summed E-state index contributed by atoms with van der Waals surface area (Å²) in [4.78, 5) is 22.9. The minimum absolute atomic E-state index is 0.143. The SMILES string of the molecule is CC(C)C(NC(=O)CCCc1ccc2c(c1)OCO2)C(=O)O. The second-order valence-corrected chi connectivity index (χ2v) is 5.67. The first-order valence-corrected chi connectivity index (χ1v) is 7.38. The summed E-state index contributed by atoms with van der Waals surface area (Å²) >= 11 is 0. The van der Waals surface area contributed by atoms with Gasteiger partial charge in [-0.3, -0.25) is 4.79 Å². The monoisotopic (exact) mass is 307 g/mol. The van der Waals surface area contributed by atoms with Crippen LogP contribution >= 0.6 is 0 Å². The number of hydrogen-bond acceptors (Lipinski definition) is 4. The van der Waals surface area contributed by atoms with Crippen molar-refractivity contribution in [2.75, 3.05) is 6.79 Å². The summed E-state index contributed by atoms with van der Waals surface area (Å²) in [5, 5.41) is 11.6. The van der Waals surface area contributed by atoms with Gasteiger partial charge in [-0.2, -0.15) is 0 Å². The highest BCUT2D eigenvalue weighted by Gasteiger charge is 2.23. The fourth-order valence-electron chi connectivity index (χ4n) is 2.31. The molecule has 0 bridgehead atoms. The van der Waals surface area contributed by atoms with Crippen molar-refractivity contribution < 1.29 is 24.2 Å². The molecule has 0 aromatic heterocycles. The van der Waals surface area contributed by atoms with Crippen molar-refractivity contribution in [3.63, 3.8) is 0 Å². The molecule has 2 rings (SSSR count). The number of carbonyl (C=O) groups excluding carboxylic acids is 1. The van der Waals surface area contributed by atoms with Crippen LogP contribution in [0, 0.1) is 5.92 Å². The van der Waals surface area contributed by atoms with Crippen molar-refractivity contribution in [1.82, 2.24) is 5.32 Å². The van der Waals surface area contributed by atoms with Crippen LogP contribution in [-0.4, -0.2) is 29.8 Å². The van der Waals surface area contributed by atoms with Crippen LogP contribution in [0.15, 0.2) is 18.2 Å². The Morgan fingerprint density at radius 2 is 2.00 bits per heavy atom. The molecule has 1 amide bonds. The van der Waals surface area contributed by atoms with Gasteiger partial charge < -0.3 is 19.9 Å². The number of nitrogens with one attached hydrogen (secondary N) is 1. The van der Waals surface area contributed by atoms with Gasteiger partial charge in [-0.15, -0.1) is 0 Å². The second kappa shape index (κ2) is 7.15. The molecule has 6 heteroatoms. The fourth-order valence-corrected chi connectivity index (χ4v) is 2.31. The van der Waals surface area contributed by atoms with E-state index in [9.17, 15) is 9.59 Å². The van der Waals surface area contributed by atoms with E-state index in [4.69, 9.17) is 14.6 Å². The number of aryl methyl sites for hydroxylation is 1. The second-order valence-electron chi connectivity index (χ2n) is 5.67. The minimum Gasteiger partial charge on any atom is -0.480 e. The molecule has 0 spiro atoms.